The summed E-state index contributed by atoms with van der Waals surface area (Å²) in [5, 5.41) is 0. The van der Waals surface area contributed by atoms with Crippen molar-refractivity contribution >= 4 is 5.69 Å². The zero-order chi connectivity index (χ0) is 12.8. The van der Waals surface area contributed by atoms with Crippen LogP contribution >= 0.6 is 0 Å². The smallest absolute Gasteiger partial charge is 0.165 e. The number of nitrogens with two attached hydrogens (primary N) is 1. The number of nitrogen functional groups attached to an aromatic ring is 1. The van der Waals surface area contributed by atoms with Crippen LogP contribution in [0.5, 0.6) is 17.2 Å². The van der Waals surface area contributed by atoms with Crippen LogP contribution in [-0.2, 0) is 4.74 Å². The molecule has 0 atom stereocenters. The average Bonchev–Trinajstić information content (AvgIpc) is 2.39. The minimum Gasteiger partial charge on any atom is -0.489 e. The second-order valence-corrected chi connectivity index (χ2v) is 3.99. The Hall–Kier alpha value is -1.62. The molecule has 0 saturated heterocycles. The van der Waals surface area contributed by atoms with Gasteiger partial charge in [-0.15, -0.1) is 0 Å². The molecule has 1 aromatic rings. The quantitative estimate of drug-likeness (QED) is 0.619. The molecule has 0 aromatic heterocycles. The van der Waals surface area contributed by atoms with Crippen molar-refractivity contribution in [2.45, 2.75) is 13.3 Å². The first-order valence-electron chi connectivity index (χ1n) is 6.21. The van der Waals surface area contributed by atoms with Crippen LogP contribution in [-0.4, -0.2) is 33.0 Å². The number of fused-ring (bicyclic) bond motifs is 1. The molecule has 0 aliphatic carbocycles. The summed E-state index contributed by atoms with van der Waals surface area (Å²) in [6, 6.07) is 3.50. The number of benzene rings is 1. The highest BCUT2D eigenvalue weighted by molar-refractivity contribution is 5.62. The van der Waals surface area contributed by atoms with E-state index in [2.05, 4.69) is 6.92 Å². The molecule has 1 aromatic carbocycles. The van der Waals surface area contributed by atoms with Gasteiger partial charge in [-0.2, -0.15) is 0 Å². The van der Waals surface area contributed by atoms with Gasteiger partial charge in [0.15, 0.2) is 11.5 Å². The number of anilines is 1. The van der Waals surface area contributed by atoms with Crippen LogP contribution in [0.4, 0.5) is 5.69 Å². The minimum absolute atomic E-state index is 0.476. The van der Waals surface area contributed by atoms with E-state index in [-0.39, 0.29) is 0 Å². The van der Waals surface area contributed by atoms with Gasteiger partial charge in [0.1, 0.15) is 25.6 Å². The molecule has 2 N–H and O–H groups in total. The Bertz CT molecular complexity index is 395. The average molecular weight is 253 g/mol. The highest BCUT2D eigenvalue weighted by Crippen LogP contribution is 2.38. The molecule has 18 heavy (non-hydrogen) atoms. The highest BCUT2D eigenvalue weighted by atomic mass is 16.6. The lowest BCUT2D eigenvalue weighted by atomic mass is 10.2. The first kappa shape index (κ1) is 12.8. The highest BCUT2D eigenvalue weighted by Gasteiger charge is 2.15. The van der Waals surface area contributed by atoms with E-state index in [1.165, 1.54) is 0 Å². The summed E-state index contributed by atoms with van der Waals surface area (Å²) in [6.45, 7) is 4.96. The second kappa shape index (κ2) is 6.35. The van der Waals surface area contributed by atoms with Gasteiger partial charge in [-0.1, -0.05) is 6.92 Å². The number of ether oxygens (including phenoxy) is 4. The summed E-state index contributed by atoms with van der Waals surface area (Å²) < 4.78 is 21.8. The SMILES string of the molecule is CCCOCCOc1cc2c(cc1N)OCCO2. The Balaban J connectivity index is 1.91. The Morgan fingerprint density at radius 1 is 1.11 bits per heavy atom. The third-order valence-corrected chi connectivity index (χ3v) is 2.51. The van der Waals surface area contributed by atoms with Crippen LogP contribution in [0.15, 0.2) is 12.1 Å². The summed E-state index contributed by atoms with van der Waals surface area (Å²) in [5.41, 5.74) is 6.43. The lowest BCUT2D eigenvalue weighted by molar-refractivity contribution is 0.100. The lowest BCUT2D eigenvalue weighted by Gasteiger charge is -2.20. The van der Waals surface area contributed by atoms with E-state index >= 15 is 0 Å². The number of hydrogen-bond donors (Lipinski definition) is 1. The van der Waals surface area contributed by atoms with E-state index in [0.717, 1.165) is 13.0 Å². The minimum atomic E-state index is 0.476. The number of hydrogen-bond acceptors (Lipinski definition) is 5. The van der Waals surface area contributed by atoms with Crippen LogP contribution in [0.2, 0.25) is 0 Å². The molecule has 0 bridgehead atoms. The van der Waals surface area contributed by atoms with E-state index in [0.29, 0.717) is 49.4 Å². The molecule has 1 heterocycles. The molecular weight excluding hydrogens is 234 g/mol. The lowest BCUT2D eigenvalue weighted by Crippen LogP contribution is -2.16. The first-order valence-corrected chi connectivity index (χ1v) is 6.21. The summed E-state index contributed by atoms with van der Waals surface area (Å²) in [5.74, 6) is 1.97. The molecule has 100 valence electrons. The maximum Gasteiger partial charge on any atom is 0.165 e. The van der Waals surface area contributed by atoms with Gasteiger partial charge in [0, 0.05) is 18.7 Å². The first-order chi connectivity index (χ1) is 8.81. The van der Waals surface area contributed by atoms with Gasteiger partial charge < -0.3 is 24.7 Å². The van der Waals surface area contributed by atoms with Crippen molar-refractivity contribution in [2.75, 3.05) is 38.8 Å². The maximum atomic E-state index is 5.88. The van der Waals surface area contributed by atoms with Gasteiger partial charge in [0.2, 0.25) is 0 Å². The van der Waals surface area contributed by atoms with Crippen molar-refractivity contribution < 1.29 is 18.9 Å². The Morgan fingerprint density at radius 2 is 1.83 bits per heavy atom. The van der Waals surface area contributed by atoms with Gasteiger partial charge in [-0.05, 0) is 6.42 Å². The van der Waals surface area contributed by atoms with E-state index in [4.69, 9.17) is 24.7 Å². The van der Waals surface area contributed by atoms with Crippen LogP contribution in [0.25, 0.3) is 0 Å². The zero-order valence-corrected chi connectivity index (χ0v) is 10.6. The molecule has 5 nitrogen and oxygen atoms in total. The third-order valence-electron chi connectivity index (χ3n) is 2.51. The van der Waals surface area contributed by atoms with Crippen LogP contribution in [0, 0.1) is 0 Å². The number of rotatable bonds is 6. The van der Waals surface area contributed by atoms with E-state index in [1.807, 2.05) is 0 Å². The van der Waals surface area contributed by atoms with Gasteiger partial charge in [-0.25, -0.2) is 0 Å². The van der Waals surface area contributed by atoms with Crippen LogP contribution < -0.4 is 19.9 Å². The fraction of sp³-hybridized carbons (Fsp3) is 0.538. The molecule has 0 radical (unpaired) electrons. The molecule has 0 unspecified atom stereocenters. The molecule has 1 aliphatic heterocycles. The van der Waals surface area contributed by atoms with Gasteiger partial charge in [-0.3, -0.25) is 0 Å². The van der Waals surface area contributed by atoms with Crippen molar-refractivity contribution in [1.29, 1.82) is 0 Å². The van der Waals surface area contributed by atoms with Crippen LogP contribution in [0.1, 0.15) is 13.3 Å². The normalized spacial score (nSPS) is 13.4. The van der Waals surface area contributed by atoms with Gasteiger partial charge >= 0.3 is 0 Å². The monoisotopic (exact) mass is 253 g/mol. The van der Waals surface area contributed by atoms with Crippen molar-refractivity contribution in [3.05, 3.63) is 12.1 Å². The Morgan fingerprint density at radius 3 is 2.56 bits per heavy atom. The van der Waals surface area contributed by atoms with E-state index < -0.39 is 0 Å². The molecule has 0 amide bonds. The van der Waals surface area contributed by atoms with Gasteiger partial charge in [0.05, 0.1) is 12.3 Å². The van der Waals surface area contributed by atoms with Crippen LogP contribution in [0.3, 0.4) is 0 Å². The van der Waals surface area contributed by atoms with Crippen molar-refractivity contribution in [3.8, 4) is 17.2 Å². The Kier molecular flexibility index (Phi) is 4.52. The van der Waals surface area contributed by atoms with Crippen molar-refractivity contribution in [2.24, 2.45) is 0 Å². The third kappa shape index (κ3) is 3.20. The predicted octanol–water partition coefficient (Wildman–Crippen LogP) is 1.85. The summed E-state index contributed by atoms with van der Waals surface area (Å²) in [7, 11) is 0. The molecule has 2 rings (SSSR count). The molecular formula is C13H19NO4. The maximum absolute atomic E-state index is 5.88. The van der Waals surface area contributed by atoms with Crippen molar-refractivity contribution in [1.82, 2.24) is 0 Å². The molecule has 5 heteroatoms. The molecule has 0 spiro atoms. The molecule has 0 saturated carbocycles. The molecule has 0 fully saturated rings. The topological polar surface area (TPSA) is 62.9 Å². The molecule has 1 aliphatic rings. The summed E-state index contributed by atoms with van der Waals surface area (Å²) in [4.78, 5) is 0. The summed E-state index contributed by atoms with van der Waals surface area (Å²) >= 11 is 0. The predicted molar refractivity (Wildman–Crippen MR) is 68.4 cm³/mol. The largest absolute Gasteiger partial charge is 0.489 e. The standard InChI is InChI=1S/C13H19NO4/c1-2-3-15-4-5-16-11-9-13-12(8-10(11)14)17-6-7-18-13/h8-9H,2-7,14H2,1H3. The fourth-order valence-electron chi connectivity index (χ4n) is 1.67. The van der Waals surface area contributed by atoms with E-state index in [1.54, 1.807) is 12.1 Å². The Labute approximate surface area is 107 Å². The van der Waals surface area contributed by atoms with Gasteiger partial charge in [0.25, 0.3) is 0 Å². The summed E-state index contributed by atoms with van der Waals surface area (Å²) in [6.07, 6.45) is 1.01. The zero-order valence-electron chi connectivity index (χ0n) is 10.6. The van der Waals surface area contributed by atoms with E-state index in [9.17, 15) is 0 Å². The van der Waals surface area contributed by atoms with Crippen molar-refractivity contribution in [3.63, 3.8) is 0 Å². The fourth-order valence-corrected chi connectivity index (χ4v) is 1.67. The second-order valence-electron chi connectivity index (χ2n) is 3.99.